The van der Waals surface area contributed by atoms with Gasteiger partial charge in [-0.2, -0.15) is 0 Å². The first-order valence-corrected chi connectivity index (χ1v) is 12.0. The van der Waals surface area contributed by atoms with E-state index in [4.69, 9.17) is 4.74 Å². The van der Waals surface area contributed by atoms with Gasteiger partial charge < -0.3 is 10.1 Å². The zero-order valence-corrected chi connectivity index (χ0v) is 18.7. The van der Waals surface area contributed by atoms with Crippen LogP contribution in [0.2, 0.25) is 0 Å². The van der Waals surface area contributed by atoms with Gasteiger partial charge >= 0.3 is 0 Å². The molecule has 0 fully saturated rings. The summed E-state index contributed by atoms with van der Waals surface area (Å²) in [6.07, 6.45) is 0. The van der Waals surface area contributed by atoms with Crippen LogP contribution in [-0.4, -0.2) is 15.9 Å². The van der Waals surface area contributed by atoms with Crippen molar-refractivity contribution in [1.82, 2.24) is 9.97 Å². The molecule has 1 amide bonds. The highest BCUT2D eigenvalue weighted by Gasteiger charge is 2.11. The summed E-state index contributed by atoms with van der Waals surface area (Å²) in [5.74, 6) is 1.26. The number of nitrogens with one attached hydrogen (secondary N) is 1. The molecule has 0 aliphatic carbocycles. The number of ether oxygens (including phenoxy) is 1. The van der Waals surface area contributed by atoms with Crippen LogP contribution in [0.4, 0.5) is 5.69 Å². The molecule has 152 valence electrons. The molecule has 1 N–H and O–H groups in total. The molecule has 0 aliphatic heterocycles. The zero-order chi connectivity index (χ0) is 20.8. The van der Waals surface area contributed by atoms with Gasteiger partial charge in [0.2, 0.25) is 0 Å². The van der Waals surface area contributed by atoms with E-state index in [1.807, 2.05) is 60.8 Å². The summed E-state index contributed by atoms with van der Waals surface area (Å²) in [5.41, 5.74) is 4.94. The van der Waals surface area contributed by atoms with Crippen molar-refractivity contribution in [1.29, 1.82) is 0 Å². The SMILES string of the molecule is Cc1nc(CSc2ccc(C(=O)Nc3ccccc3OCc3cscn3)cc2)cs1. The Bertz CT molecular complexity index is 1110. The Kier molecular flexibility index (Phi) is 6.78. The van der Waals surface area contributed by atoms with Crippen LogP contribution < -0.4 is 10.1 Å². The molecular weight excluding hydrogens is 434 g/mol. The number of carbonyl (C=O) groups is 1. The highest BCUT2D eigenvalue weighted by atomic mass is 32.2. The molecule has 2 heterocycles. The minimum atomic E-state index is -0.175. The van der Waals surface area contributed by atoms with Crippen LogP contribution in [0.1, 0.15) is 26.8 Å². The van der Waals surface area contributed by atoms with Crippen LogP contribution in [0.5, 0.6) is 5.75 Å². The molecule has 0 atom stereocenters. The number of hydrogen-bond acceptors (Lipinski definition) is 7. The molecule has 8 heteroatoms. The fraction of sp³-hybridized carbons (Fsp3) is 0.136. The molecule has 0 bridgehead atoms. The van der Waals surface area contributed by atoms with Gasteiger partial charge in [0.05, 0.1) is 27.6 Å². The van der Waals surface area contributed by atoms with E-state index in [0.717, 1.165) is 27.0 Å². The Balaban J connectivity index is 1.36. The number of nitrogens with zero attached hydrogens (tertiary/aromatic N) is 2. The number of carbonyl (C=O) groups excluding carboxylic acids is 1. The number of anilines is 1. The van der Waals surface area contributed by atoms with Gasteiger partial charge in [-0.15, -0.1) is 34.4 Å². The number of thioether (sulfide) groups is 1. The Morgan fingerprint density at radius 1 is 1.10 bits per heavy atom. The van der Waals surface area contributed by atoms with E-state index >= 15 is 0 Å². The lowest BCUT2D eigenvalue weighted by atomic mass is 10.2. The van der Waals surface area contributed by atoms with E-state index in [0.29, 0.717) is 23.6 Å². The van der Waals surface area contributed by atoms with Crippen molar-refractivity contribution in [2.24, 2.45) is 0 Å². The van der Waals surface area contributed by atoms with Gasteiger partial charge in [0.15, 0.2) is 0 Å². The maximum atomic E-state index is 12.7. The third kappa shape index (κ3) is 5.47. The first-order valence-electron chi connectivity index (χ1n) is 9.21. The molecule has 2 aromatic heterocycles. The summed E-state index contributed by atoms with van der Waals surface area (Å²) in [4.78, 5) is 22.5. The van der Waals surface area contributed by atoms with Gasteiger partial charge in [0.25, 0.3) is 5.91 Å². The molecular formula is C22H19N3O2S3. The van der Waals surface area contributed by atoms with Crippen molar-refractivity contribution in [2.45, 2.75) is 24.2 Å². The third-order valence-corrected chi connectivity index (χ3v) is 6.67. The summed E-state index contributed by atoms with van der Waals surface area (Å²) in [6.45, 7) is 2.37. The summed E-state index contributed by atoms with van der Waals surface area (Å²) in [7, 11) is 0. The van der Waals surface area contributed by atoms with E-state index in [9.17, 15) is 4.79 Å². The average molecular weight is 454 g/mol. The molecule has 0 saturated carbocycles. The van der Waals surface area contributed by atoms with Crippen molar-refractivity contribution < 1.29 is 9.53 Å². The molecule has 0 spiro atoms. The van der Waals surface area contributed by atoms with Gasteiger partial charge in [-0.25, -0.2) is 9.97 Å². The molecule has 0 aliphatic rings. The first-order chi connectivity index (χ1) is 14.7. The summed E-state index contributed by atoms with van der Waals surface area (Å²) >= 11 is 4.89. The zero-order valence-electron chi connectivity index (χ0n) is 16.2. The molecule has 2 aromatic carbocycles. The van der Waals surface area contributed by atoms with Gasteiger partial charge in [0, 0.05) is 27.0 Å². The van der Waals surface area contributed by atoms with Gasteiger partial charge in [-0.3, -0.25) is 4.79 Å². The fourth-order valence-electron chi connectivity index (χ4n) is 2.69. The van der Waals surface area contributed by atoms with Crippen LogP contribution >= 0.6 is 34.4 Å². The summed E-state index contributed by atoms with van der Waals surface area (Å²) in [5, 5.41) is 8.04. The number of thiazole rings is 2. The second kappa shape index (κ2) is 9.88. The number of amides is 1. The van der Waals surface area contributed by atoms with E-state index in [-0.39, 0.29) is 5.91 Å². The monoisotopic (exact) mass is 453 g/mol. The highest BCUT2D eigenvalue weighted by Crippen LogP contribution is 2.27. The average Bonchev–Trinajstić information content (AvgIpc) is 3.43. The molecule has 0 saturated heterocycles. The lowest BCUT2D eigenvalue weighted by Gasteiger charge is -2.12. The second-order valence-electron chi connectivity index (χ2n) is 6.39. The molecule has 5 nitrogen and oxygen atoms in total. The third-order valence-electron chi connectivity index (χ3n) is 4.16. The minimum absolute atomic E-state index is 0.175. The molecule has 4 aromatic rings. The molecule has 0 radical (unpaired) electrons. The Morgan fingerprint density at radius 3 is 2.67 bits per heavy atom. The second-order valence-corrected chi connectivity index (χ2v) is 9.22. The van der Waals surface area contributed by atoms with E-state index in [1.165, 1.54) is 11.3 Å². The van der Waals surface area contributed by atoms with Gasteiger partial charge in [-0.05, 0) is 43.3 Å². The Labute approximate surface area is 187 Å². The molecule has 30 heavy (non-hydrogen) atoms. The van der Waals surface area contributed by atoms with Crippen LogP contribution in [0, 0.1) is 6.92 Å². The number of benzene rings is 2. The van der Waals surface area contributed by atoms with Crippen molar-refractivity contribution in [3.8, 4) is 5.75 Å². The fourth-order valence-corrected chi connectivity index (χ4v) is 4.74. The number of para-hydroxylation sites is 2. The predicted octanol–water partition coefficient (Wildman–Crippen LogP) is 6.03. The van der Waals surface area contributed by atoms with Crippen molar-refractivity contribution in [2.75, 3.05) is 5.32 Å². The number of aromatic nitrogens is 2. The van der Waals surface area contributed by atoms with Crippen molar-refractivity contribution >= 4 is 46.0 Å². The van der Waals surface area contributed by atoms with Crippen LogP contribution in [0.15, 0.2) is 69.7 Å². The van der Waals surface area contributed by atoms with Gasteiger partial charge in [0.1, 0.15) is 12.4 Å². The standard InChI is InChI=1S/C22H19N3O2S3/c1-15-24-18(12-29-15)13-30-19-8-6-16(7-9-19)22(26)25-20-4-2-3-5-21(20)27-10-17-11-28-14-23-17/h2-9,11-12,14H,10,13H2,1H3,(H,25,26). The summed E-state index contributed by atoms with van der Waals surface area (Å²) in [6, 6.07) is 15.0. The molecule has 0 unspecified atom stereocenters. The number of hydrogen-bond donors (Lipinski definition) is 1. The number of aryl methyl sites for hydroxylation is 1. The number of rotatable bonds is 8. The lowest BCUT2D eigenvalue weighted by molar-refractivity contribution is 0.102. The normalized spacial score (nSPS) is 10.7. The largest absolute Gasteiger partial charge is 0.485 e. The van der Waals surface area contributed by atoms with E-state index in [1.54, 1.807) is 28.6 Å². The van der Waals surface area contributed by atoms with Crippen LogP contribution in [-0.2, 0) is 12.4 Å². The quantitative estimate of drug-likeness (QED) is 0.330. The van der Waals surface area contributed by atoms with Crippen LogP contribution in [0.3, 0.4) is 0 Å². The molecule has 4 rings (SSSR count). The Hall–Kier alpha value is -2.68. The highest BCUT2D eigenvalue weighted by molar-refractivity contribution is 7.98. The van der Waals surface area contributed by atoms with E-state index in [2.05, 4.69) is 20.7 Å². The minimum Gasteiger partial charge on any atom is -0.485 e. The topological polar surface area (TPSA) is 64.1 Å². The maximum absolute atomic E-state index is 12.7. The lowest BCUT2D eigenvalue weighted by Crippen LogP contribution is -2.12. The van der Waals surface area contributed by atoms with Crippen LogP contribution in [0.25, 0.3) is 0 Å². The predicted molar refractivity (Wildman–Crippen MR) is 124 cm³/mol. The smallest absolute Gasteiger partial charge is 0.255 e. The maximum Gasteiger partial charge on any atom is 0.255 e. The van der Waals surface area contributed by atoms with E-state index < -0.39 is 0 Å². The summed E-state index contributed by atoms with van der Waals surface area (Å²) < 4.78 is 5.83. The first kappa shape index (κ1) is 20.6. The van der Waals surface area contributed by atoms with Crippen molar-refractivity contribution in [3.63, 3.8) is 0 Å². The van der Waals surface area contributed by atoms with Crippen molar-refractivity contribution in [3.05, 3.63) is 86.8 Å². The Morgan fingerprint density at radius 2 is 1.93 bits per heavy atom. The van der Waals surface area contributed by atoms with Gasteiger partial charge in [-0.1, -0.05) is 12.1 Å².